The largest absolute Gasteiger partial charge is 0.316 e. The Morgan fingerprint density at radius 1 is 1.40 bits per heavy atom. The first kappa shape index (κ1) is 12.5. The molecule has 1 unspecified atom stereocenters. The highest BCUT2D eigenvalue weighted by molar-refractivity contribution is 7.99. The zero-order valence-electron chi connectivity index (χ0n) is 9.73. The third-order valence-electron chi connectivity index (χ3n) is 2.22. The monoisotopic (exact) mass is 224 g/mol. The second kappa shape index (κ2) is 6.85. The fourth-order valence-corrected chi connectivity index (χ4v) is 2.23. The summed E-state index contributed by atoms with van der Waals surface area (Å²) in [7, 11) is 2.02. The molecule has 0 aliphatic carbocycles. The van der Waals surface area contributed by atoms with Crippen molar-refractivity contribution in [3.05, 3.63) is 30.1 Å². The molecular formula is C12H20N2S. The van der Waals surface area contributed by atoms with Crippen molar-refractivity contribution >= 4 is 11.8 Å². The summed E-state index contributed by atoms with van der Waals surface area (Å²) in [5, 5.41) is 4.04. The molecule has 0 amide bonds. The van der Waals surface area contributed by atoms with Gasteiger partial charge in [-0.2, -0.15) is 11.8 Å². The molecule has 0 aliphatic rings. The molecule has 0 aliphatic heterocycles. The lowest BCUT2D eigenvalue weighted by atomic mass is 10.2. The van der Waals surface area contributed by atoms with Gasteiger partial charge in [-0.15, -0.1) is 0 Å². The highest BCUT2D eigenvalue weighted by Crippen LogP contribution is 2.12. The van der Waals surface area contributed by atoms with Crippen LogP contribution < -0.4 is 5.32 Å². The fourth-order valence-electron chi connectivity index (χ4n) is 1.32. The van der Waals surface area contributed by atoms with Crippen molar-refractivity contribution in [2.45, 2.75) is 31.6 Å². The molecule has 0 bridgehead atoms. The maximum Gasteiger partial charge on any atom is 0.0419 e. The Balaban J connectivity index is 2.40. The van der Waals surface area contributed by atoms with Gasteiger partial charge in [0.2, 0.25) is 0 Å². The fraction of sp³-hybridized carbons (Fsp3) is 0.583. The summed E-state index contributed by atoms with van der Waals surface area (Å²) < 4.78 is 0. The van der Waals surface area contributed by atoms with Crippen LogP contribution in [-0.4, -0.2) is 29.1 Å². The van der Waals surface area contributed by atoms with Crippen molar-refractivity contribution in [2.75, 3.05) is 12.8 Å². The third kappa shape index (κ3) is 5.19. The Hall–Kier alpha value is -0.540. The van der Waals surface area contributed by atoms with E-state index in [2.05, 4.69) is 30.2 Å². The molecule has 1 aromatic heterocycles. The first-order valence-corrected chi connectivity index (χ1v) is 6.46. The number of rotatable bonds is 6. The van der Waals surface area contributed by atoms with Crippen LogP contribution in [0.1, 0.15) is 19.5 Å². The molecule has 1 aromatic rings. The number of nitrogens with zero attached hydrogens (tertiary/aromatic N) is 1. The lowest BCUT2D eigenvalue weighted by Gasteiger charge is -2.16. The lowest BCUT2D eigenvalue weighted by Crippen LogP contribution is -2.30. The van der Waals surface area contributed by atoms with E-state index < -0.39 is 0 Å². The SMILES string of the molecule is CNC(CSC(C)C)Cc1ccccn1. The maximum absolute atomic E-state index is 4.34. The van der Waals surface area contributed by atoms with Crippen LogP contribution in [0.5, 0.6) is 0 Å². The molecule has 3 heteroatoms. The van der Waals surface area contributed by atoms with E-state index in [0.29, 0.717) is 11.3 Å². The van der Waals surface area contributed by atoms with Crippen LogP contribution in [0.3, 0.4) is 0 Å². The highest BCUT2D eigenvalue weighted by Gasteiger charge is 2.08. The Bertz CT molecular complexity index is 262. The smallest absolute Gasteiger partial charge is 0.0419 e. The lowest BCUT2D eigenvalue weighted by molar-refractivity contribution is 0.608. The number of likely N-dealkylation sites (N-methyl/N-ethyl adjacent to an activating group) is 1. The summed E-state index contributed by atoms with van der Waals surface area (Å²) in [5.74, 6) is 1.14. The van der Waals surface area contributed by atoms with E-state index in [1.54, 1.807) is 0 Å². The minimum Gasteiger partial charge on any atom is -0.316 e. The van der Waals surface area contributed by atoms with Gasteiger partial charge in [0.15, 0.2) is 0 Å². The van der Waals surface area contributed by atoms with Crippen molar-refractivity contribution in [2.24, 2.45) is 0 Å². The number of aromatic nitrogens is 1. The normalized spacial score (nSPS) is 13.1. The predicted octanol–water partition coefficient (Wildman–Crippen LogP) is 2.35. The van der Waals surface area contributed by atoms with Crippen LogP contribution in [0.15, 0.2) is 24.4 Å². The average molecular weight is 224 g/mol. The quantitative estimate of drug-likeness (QED) is 0.803. The summed E-state index contributed by atoms with van der Waals surface area (Å²) in [6, 6.07) is 6.61. The molecule has 1 N–H and O–H groups in total. The molecule has 0 aromatic carbocycles. The van der Waals surface area contributed by atoms with Gasteiger partial charge in [-0.1, -0.05) is 19.9 Å². The van der Waals surface area contributed by atoms with Crippen LogP contribution in [0, 0.1) is 0 Å². The Morgan fingerprint density at radius 2 is 2.20 bits per heavy atom. The maximum atomic E-state index is 4.34. The van der Waals surface area contributed by atoms with Crippen LogP contribution in [0.25, 0.3) is 0 Å². The molecule has 15 heavy (non-hydrogen) atoms. The number of nitrogens with one attached hydrogen (secondary N) is 1. The van der Waals surface area contributed by atoms with E-state index >= 15 is 0 Å². The highest BCUT2D eigenvalue weighted by atomic mass is 32.2. The van der Waals surface area contributed by atoms with Crippen molar-refractivity contribution in [1.82, 2.24) is 10.3 Å². The van der Waals surface area contributed by atoms with E-state index in [4.69, 9.17) is 0 Å². The summed E-state index contributed by atoms with van der Waals surface area (Å²) in [6.07, 6.45) is 2.87. The summed E-state index contributed by atoms with van der Waals surface area (Å²) in [5.41, 5.74) is 1.17. The molecule has 0 saturated carbocycles. The van der Waals surface area contributed by atoms with Crippen LogP contribution in [-0.2, 0) is 6.42 Å². The van der Waals surface area contributed by atoms with E-state index in [0.717, 1.165) is 12.2 Å². The Kier molecular flexibility index (Phi) is 5.73. The first-order valence-electron chi connectivity index (χ1n) is 5.41. The Labute approximate surface area is 96.9 Å². The topological polar surface area (TPSA) is 24.9 Å². The second-order valence-electron chi connectivity index (χ2n) is 3.89. The van der Waals surface area contributed by atoms with E-state index in [-0.39, 0.29) is 0 Å². The van der Waals surface area contributed by atoms with E-state index in [1.165, 1.54) is 5.69 Å². The number of pyridine rings is 1. The van der Waals surface area contributed by atoms with Crippen molar-refractivity contribution in [3.63, 3.8) is 0 Å². The molecule has 0 radical (unpaired) electrons. The summed E-state index contributed by atoms with van der Waals surface area (Å²) in [4.78, 5) is 4.34. The molecule has 1 atom stereocenters. The zero-order valence-corrected chi connectivity index (χ0v) is 10.6. The van der Waals surface area contributed by atoms with Gasteiger partial charge < -0.3 is 5.32 Å². The number of hydrogen-bond donors (Lipinski definition) is 1. The number of thioether (sulfide) groups is 1. The Morgan fingerprint density at radius 3 is 2.73 bits per heavy atom. The predicted molar refractivity (Wildman–Crippen MR) is 68.4 cm³/mol. The molecule has 0 spiro atoms. The average Bonchev–Trinajstić information content (AvgIpc) is 2.25. The molecule has 0 fully saturated rings. The van der Waals surface area contributed by atoms with Crippen molar-refractivity contribution in [3.8, 4) is 0 Å². The minimum absolute atomic E-state index is 0.521. The number of hydrogen-bond acceptors (Lipinski definition) is 3. The molecule has 1 heterocycles. The van der Waals surface area contributed by atoms with Gasteiger partial charge in [0, 0.05) is 30.1 Å². The molecule has 1 rings (SSSR count). The van der Waals surface area contributed by atoms with Gasteiger partial charge in [-0.3, -0.25) is 4.98 Å². The second-order valence-corrected chi connectivity index (χ2v) is 5.50. The van der Waals surface area contributed by atoms with E-state index in [9.17, 15) is 0 Å². The standard InChI is InChI=1S/C12H20N2S/c1-10(2)15-9-12(13-3)8-11-6-4-5-7-14-11/h4-7,10,12-13H,8-9H2,1-3H3. The van der Waals surface area contributed by atoms with Gasteiger partial charge in [0.05, 0.1) is 0 Å². The minimum atomic E-state index is 0.521. The molecule has 84 valence electrons. The molecule has 0 saturated heterocycles. The van der Waals surface area contributed by atoms with Crippen molar-refractivity contribution in [1.29, 1.82) is 0 Å². The van der Waals surface area contributed by atoms with Gasteiger partial charge in [-0.25, -0.2) is 0 Å². The molecule has 2 nitrogen and oxygen atoms in total. The first-order chi connectivity index (χ1) is 7.22. The van der Waals surface area contributed by atoms with Gasteiger partial charge in [0.25, 0.3) is 0 Å². The zero-order chi connectivity index (χ0) is 11.1. The van der Waals surface area contributed by atoms with Crippen LogP contribution >= 0.6 is 11.8 Å². The summed E-state index contributed by atoms with van der Waals surface area (Å²) >= 11 is 1.99. The van der Waals surface area contributed by atoms with Gasteiger partial charge in [0.1, 0.15) is 0 Å². The third-order valence-corrected chi connectivity index (χ3v) is 3.48. The van der Waals surface area contributed by atoms with Crippen LogP contribution in [0.2, 0.25) is 0 Å². The van der Waals surface area contributed by atoms with Crippen molar-refractivity contribution < 1.29 is 0 Å². The summed E-state index contributed by atoms with van der Waals surface area (Å²) in [6.45, 7) is 4.47. The molecular weight excluding hydrogens is 204 g/mol. The van der Waals surface area contributed by atoms with E-state index in [1.807, 2.05) is 37.1 Å². The van der Waals surface area contributed by atoms with Gasteiger partial charge in [-0.05, 0) is 24.4 Å². The van der Waals surface area contributed by atoms with Crippen LogP contribution in [0.4, 0.5) is 0 Å². The van der Waals surface area contributed by atoms with Gasteiger partial charge >= 0.3 is 0 Å².